The van der Waals surface area contributed by atoms with E-state index >= 15 is 0 Å². The molecule has 0 aliphatic carbocycles. The zero-order valence-corrected chi connectivity index (χ0v) is 23.7. The Labute approximate surface area is 221 Å². The predicted molar refractivity (Wildman–Crippen MR) is 131 cm³/mol. The van der Waals surface area contributed by atoms with Gasteiger partial charge in [-0.2, -0.15) is 18.6 Å². The van der Waals surface area contributed by atoms with Crippen molar-refractivity contribution < 1.29 is 59.6 Å². The van der Waals surface area contributed by atoms with E-state index in [0.29, 0.717) is 0 Å². The molecule has 5 N–H and O–H groups in total. The molecule has 0 aromatic carbocycles. The van der Waals surface area contributed by atoms with E-state index in [1.807, 2.05) is 0 Å². The van der Waals surface area contributed by atoms with Gasteiger partial charge in [0.2, 0.25) is 5.95 Å². The van der Waals surface area contributed by atoms with Crippen LogP contribution in [0.25, 0.3) is 11.2 Å². The molecule has 1 aliphatic heterocycles. The van der Waals surface area contributed by atoms with Crippen molar-refractivity contribution in [2.45, 2.75) is 25.7 Å². The number of rotatable bonds is 13. The van der Waals surface area contributed by atoms with Gasteiger partial charge in [-0.1, -0.05) is 6.58 Å². The lowest BCUT2D eigenvalue weighted by Crippen LogP contribution is -2.25. The Morgan fingerprint density at radius 2 is 1.82 bits per heavy atom. The van der Waals surface area contributed by atoms with E-state index in [2.05, 4.69) is 34.9 Å². The number of carbonyl (C=O) groups excluding carboxylic acids is 1. The van der Waals surface area contributed by atoms with E-state index in [4.69, 9.17) is 34.3 Å². The number of phosphoric ester groups is 2. The van der Waals surface area contributed by atoms with E-state index in [-0.39, 0.29) is 35.1 Å². The lowest BCUT2D eigenvalue weighted by atomic mass is 9.99. The summed E-state index contributed by atoms with van der Waals surface area (Å²) in [5.74, 6) is -1.46. The molecule has 0 radical (unpaired) electrons. The number of hydrogen-bond donors (Lipinski definition) is 3. The minimum absolute atomic E-state index is 0.00273. The smallest absolute Gasteiger partial charge is 0.431 e. The predicted octanol–water partition coefficient (Wildman–Crippen LogP) is 2.28. The van der Waals surface area contributed by atoms with Gasteiger partial charge in [-0.25, -0.2) is 18.7 Å². The average Bonchev–Trinajstić information content (AvgIpc) is 3.46. The van der Waals surface area contributed by atoms with Crippen molar-refractivity contribution in [3.63, 3.8) is 0 Å². The maximum absolute atomic E-state index is 13.1. The van der Waals surface area contributed by atoms with Gasteiger partial charge in [0.15, 0.2) is 11.5 Å². The van der Waals surface area contributed by atoms with Crippen molar-refractivity contribution in [1.82, 2.24) is 19.5 Å². The summed E-state index contributed by atoms with van der Waals surface area (Å²) in [5, 5.41) is 0. The monoisotopic (exact) mass is 616 g/mol. The maximum atomic E-state index is 13.1. The van der Waals surface area contributed by atoms with Crippen LogP contribution in [-0.2, 0) is 54.7 Å². The Hall–Kier alpha value is -2.27. The van der Waals surface area contributed by atoms with E-state index in [1.165, 1.54) is 17.8 Å². The number of nitrogens with two attached hydrogens (primary N) is 2. The molecular weight excluding hydrogens is 589 g/mol. The SMILES string of the molecule is C=C(OC(C)=O)C1CC(n2cnc3c(N)nc(N)nc32)OC1COP(=O)(OC)OP(=O)(OC)OP(=O)(O)OC. The van der Waals surface area contributed by atoms with Crippen LogP contribution in [0.2, 0.25) is 0 Å². The van der Waals surface area contributed by atoms with Crippen LogP contribution in [0.4, 0.5) is 11.8 Å². The Morgan fingerprint density at radius 3 is 2.41 bits per heavy atom. The van der Waals surface area contributed by atoms with Gasteiger partial charge < -0.3 is 25.8 Å². The highest BCUT2D eigenvalue weighted by molar-refractivity contribution is 7.67. The number of esters is 1. The second kappa shape index (κ2) is 12.1. The van der Waals surface area contributed by atoms with Gasteiger partial charge in [0.25, 0.3) is 0 Å². The number of ether oxygens (including phenoxy) is 2. The zero-order chi connectivity index (χ0) is 29.2. The van der Waals surface area contributed by atoms with Gasteiger partial charge >= 0.3 is 29.4 Å². The topological polar surface area (TPSA) is 258 Å². The van der Waals surface area contributed by atoms with E-state index in [1.54, 1.807) is 0 Å². The first-order valence-electron chi connectivity index (χ1n) is 10.7. The Bertz CT molecular complexity index is 1390. The van der Waals surface area contributed by atoms with Crippen LogP contribution in [0, 0.1) is 5.92 Å². The summed E-state index contributed by atoms with van der Waals surface area (Å²) in [6.45, 7) is 4.35. The number of imidazole rings is 1. The standard InChI is InChI=1S/C17H27N6O13P3/c1-9(33-10(2)24)11-6-13(23-8-20-14-15(18)21-17(19)22-16(14)23)34-12(11)7-32-38(27,30-4)36-39(28,31-5)35-37(25,26)29-3/h8,11-13H,1,6-7H2,2-5H3,(H,25,26)(H4,18,19,21,22). The third kappa shape index (κ3) is 7.48. The highest BCUT2D eigenvalue weighted by Gasteiger charge is 2.47. The summed E-state index contributed by atoms with van der Waals surface area (Å²) in [5.41, 5.74) is 12.1. The number of aromatic nitrogens is 4. The molecule has 2 aromatic rings. The summed E-state index contributed by atoms with van der Waals surface area (Å²) >= 11 is 0. The first-order valence-corrected chi connectivity index (χ1v) is 15.1. The first kappa shape index (κ1) is 31.3. The molecule has 22 heteroatoms. The van der Waals surface area contributed by atoms with Crippen LogP contribution in [0.5, 0.6) is 0 Å². The normalized spacial score (nSPS) is 24.1. The van der Waals surface area contributed by atoms with Gasteiger partial charge in [-0.15, -0.1) is 0 Å². The zero-order valence-electron chi connectivity index (χ0n) is 21.1. The van der Waals surface area contributed by atoms with Crippen LogP contribution >= 0.6 is 23.5 Å². The van der Waals surface area contributed by atoms with Crippen molar-refractivity contribution in [2.24, 2.45) is 5.92 Å². The summed E-state index contributed by atoms with van der Waals surface area (Å²) < 4.78 is 77.8. The Balaban J connectivity index is 1.85. The molecule has 39 heavy (non-hydrogen) atoms. The summed E-state index contributed by atoms with van der Waals surface area (Å²) in [6.07, 6.45) is -0.316. The molecule has 6 unspecified atom stereocenters. The molecule has 218 valence electrons. The van der Waals surface area contributed by atoms with Crippen LogP contribution in [0.3, 0.4) is 0 Å². The Morgan fingerprint density at radius 1 is 1.15 bits per heavy atom. The van der Waals surface area contributed by atoms with E-state index in [0.717, 1.165) is 21.3 Å². The van der Waals surface area contributed by atoms with E-state index < -0.39 is 54.3 Å². The number of hydrogen-bond acceptors (Lipinski definition) is 17. The van der Waals surface area contributed by atoms with Gasteiger partial charge in [-0.05, 0) is 0 Å². The maximum Gasteiger partial charge on any atom is 0.492 e. The summed E-state index contributed by atoms with van der Waals surface area (Å²) in [6, 6.07) is 0. The molecule has 3 rings (SSSR count). The van der Waals surface area contributed by atoms with Crippen LogP contribution in [0.1, 0.15) is 19.6 Å². The van der Waals surface area contributed by atoms with Crippen LogP contribution in [0.15, 0.2) is 18.7 Å². The molecular formula is C17H27N6O13P3. The third-order valence-corrected chi connectivity index (χ3v) is 10.2. The number of anilines is 2. The van der Waals surface area contributed by atoms with E-state index in [9.17, 15) is 23.4 Å². The number of fused-ring (bicyclic) bond motifs is 1. The number of phosphoric acid groups is 3. The molecule has 2 aromatic heterocycles. The van der Waals surface area contributed by atoms with Crippen molar-refractivity contribution in [1.29, 1.82) is 0 Å². The first-order chi connectivity index (χ1) is 18.1. The molecule has 0 bridgehead atoms. The fraction of sp³-hybridized carbons (Fsp3) is 0.529. The number of nitrogen functional groups attached to an aromatic ring is 2. The van der Waals surface area contributed by atoms with Crippen LogP contribution in [-0.4, -0.2) is 64.4 Å². The molecule has 1 saturated heterocycles. The summed E-state index contributed by atoms with van der Waals surface area (Å²) in [7, 11) is -12.3. The molecule has 19 nitrogen and oxygen atoms in total. The molecule has 3 heterocycles. The quantitative estimate of drug-likeness (QED) is 0.166. The fourth-order valence-electron chi connectivity index (χ4n) is 3.46. The highest BCUT2D eigenvalue weighted by Crippen LogP contribution is 2.71. The second-order valence-electron chi connectivity index (χ2n) is 7.69. The summed E-state index contributed by atoms with van der Waals surface area (Å²) in [4.78, 5) is 33.2. The van der Waals surface area contributed by atoms with Crippen molar-refractivity contribution in [2.75, 3.05) is 39.4 Å². The third-order valence-electron chi connectivity index (χ3n) is 5.18. The largest absolute Gasteiger partial charge is 0.492 e. The van der Waals surface area contributed by atoms with Crippen LogP contribution < -0.4 is 11.5 Å². The molecule has 1 aliphatic rings. The molecule has 0 spiro atoms. The van der Waals surface area contributed by atoms with Crippen molar-refractivity contribution in [3.8, 4) is 0 Å². The lowest BCUT2D eigenvalue weighted by molar-refractivity contribution is -0.138. The van der Waals surface area contributed by atoms with Gasteiger partial charge in [0, 0.05) is 40.6 Å². The minimum atomic E-state index is -5.01. The van der Waals surface area contributed by atoms with Crippen molar-refractivity contribution >= 4 is 52.4 Å². The lowest BCUT2D eigenvalue weighted by Gasteiger charge is -2.24. The second-order valence-corrected chi connectivity index (χ2v) is 13.1. The fourth-order valence-corrected chi connectivity index (χ4v) is 7.53. The molecule has 0 amide bonds. The minimum Gasteiger partial charge on any atom is -0.431 e. The highest BCUT2D eigenvalue weighted by atomic mass is 31.3. The van der Waals surface area contributed by atoms with Gasteiger partial charge in [0.1, 0.15) is 17.5 Å². The Kier molecular flexibility index (Phi) is 9.68. The number of carbonyl (C=O) groups is 1. The number of nitrogens with zero attached hydrogens (tertiary/aromatic N) is 4. The van der Waals surface area contributed by atoms with Gasteiger partial charge in [-0.3, -0.25) is 27.5 Å². The average molecular weight is 616 g/mol. The van der Waals surface area contributed by atoms with Gasteiger partial charge in [0.05, 0.1) is 19.0 Å². The molecule has 1 fully saturated rings. The molecule has 6 atom stereocenters. The van der Waals surface area contributed by atoms with Crippen molar-refractivity contribution in [3.05, 3.63) is 18.7 Å². The molecule has 0 saturated carbocycles.